The molecule has 4 aromatic rings. The fourth-order valence-electron chi connectivity index (χ4n) is 3.58. The molecule has 3 heterocycles. The number of rotatable bonds is 8. The number of aromatic nitrogens is 3. The number of fused-ring (bicyclic) bond motifs is 1. The molecule has 0 aliphatic carbocycles. The number of esters is 1. The standard InChI is InChI=1S/C25H24N4O5S/c1-14(2)29-24-18(12-26-29)17(11-19(28-24)22-6-5-9-33-22)25(32)34-13-21(31)16-7-8-23(35-4)20(10-16)27-15(3)30/h5-12,14H,13H2,1-4H3,(H,27,30). The second-order valence-electron chi connectivity index (χ2n) is 8.05. The maximum atomic E-state index is 13.1. The molecule has 9 nitrogen and oxygen atoms in total. The van der Waals surface area contributed by atoms with E-state index in [0.29, 0.717) is 33.7 Å². The number of nitrogens with zero attached hydrogens (tertiary/aromatic N) is 3. The van der Waals surface area contributed by atoms with Crippen LogP contribution in [0.25, 0.3) is 22.5 Å². The minimum absolute atomic E-state index is 0.0133. The third kappa shape index (κ3) is 5.12. The monoisotopic (exact) mass is 492 g/mol. The van der Waals surface area contributed by atoms with E-state index < -0.39 is 18.4 Å². The lowest BCUT2D eigenvalue weighted by Gasteiger charge is -2.11. The van der Waals surface area contributed by atoms with Crippen molar-refractivity contribution in [3.8, 4) is 11.5 Å². The number of amides is 1. The van der Waals surface area contributed by atoms with Gasteiger partial charge in [-0.2, -0.15) is 5.10 Å². The van der Waals surface area contributed by atoms with Crippen LogP contribution >= 0.6 is 11.8 Å². The highest BCUT2D eigenvalue weighted by atomic mass is 32.2. The maximum Gasteiger partial charge on any atom is 0.339 e. The van der Waals surface area contributed by atoms with Crippen LogP contribution in [-0.4, -0.2) is 45.3 Å². The highest BCUT2D eigenvalue weighted by molar-refractivity contribution is 7.98. The van der Waals surface area contributed by atoms with Crippen molar-refractivity contribution in [3.63, 3.8) is 0 Å². The lowest BCUT2D eigenvalue weighted by molar-refractivity contribution is -0.114. The van der Waals surface area contributed by atoms with Crippen LogP contribution in [-0.2, 0) is 9.53 Å². The summed E-state index contributed by atoms with van der Waals surface area (Å²) >= 11 is 1.45. The third-order valence-corrected chi connectivity index (χ3v) is 6.01. The van der Waals surface area contributed by atoms with Crippen LogP contribution in [0.2, 0.25) is 0 Å². The molecule has 1 aromatic carbocycles. The van der Waals surface area contributed by atoms with Crippen molar-refractivity contribution in [2.24, 2.45) is 0 Å². The molecule has 0 spiro atoms. The number of nitrogens with one attached hydrogen (secondary N) is 1. The Labute approximate surface area is 205 Å². The van der Waals surface area contributed by atoms with Crippen LogP contribution in [0.1, 0.15) is 47.5 Å². The molecule has 180 valence electrons. The van der Waals surface area contributed by atoms with E-state index >= 15 is 0 Å². The number of hydrogen-bond donors (Lipinski definition) is 1. The van der Waals surface area contributed by atoms with E-state index in [2.05, 4.69) is 15.4 Å². The number of hydrogen-bond acceptors (Lipinski definition) is 8. The Morgan fingerprint density at radius 2 is 2.00 bits per heavy atom. The molecule has 0 radical (unpaired) electrons. The topological polar surface area (TPSA) is 116 Å². The number of carbonyl (C=O) groups excluding carboxylic acids is 3. The SMILES string of the molecule is CSc1ccc(C(=O)COC(=O)c2cc(-c3ccco3)nc3c2cnn3C(C)C)cc1NC(C)=O. The summed E-state index contributed by atoms with van der Waals surface area (Å²) in [4.78, 5) is 42.8. The molecule has 4 rings (SSSR count). The molecule has 0 bridgehead atoms. The summed E-state index contributed by atoms with van der Waals surface area (Å²) in [5.74, 6) is -0.822. The summed E-state index contributed by atoms with van der Waals surface area (Å²) < 4.78 is 12.6. The summed E-state index contributed by atoms with van der Waals surface area (Å²) in [6.07, 6.45) is 4.96. The average Bonchev–Trinajstić information content (AvgIpc) is 3.51. The highest BCUT2D eigenvalue weighted by Crippen LogP contribution is 2.28. The minimum Gasteiger partial charge on any atom is -0.463 e. The lowest BCUT2D eigenvalue weighted by atomic mass is 10.1. The van der Waals surface area contributed by atoms with E-state index in [1.165, 1.54) is 24.9 Å². The molecule has 1 amide bonds. The first-order chi connectivity index (χ1) is 16.8. The summed E-state index contributed by atoms with van der Waals surface area (Å²) in [5, 5.41) is 7.60. The van der Waals surface area contributed by atoms with Gasteiger partial charge in [0.25, 0.3) is 0 Å². The van der Waals surface area contributed by atoms with Crippen molar-refractivity contribution in [2.75, 3.05) is 18.2 Å². The molecule has 0 saturated heterocycles. The van der Waals surface area contributed by atoms with Crippen LogP contribution in [0.4, 0.5) is 5.69 Å². The van der Waals surface area contributed by atoms with E-state index in [1.807, 2.05) is 20.1 Å². The van der Waals surface area contributed by atoms with Gasteiger partial charge in [-0.1, -0.05) is 6.07 Å². The highest BCUT2D eigenvalue weighted by Gasteiger charge is 2.21. The number of pyridine rings is 1. The number of benzene rings is 1. The Morgan fingerprint density at radius 3 is 2.66 bits per heavy atom. The first-order valence-corrected chi connectivity index (χ1v) is 12.1. The molecule has 0 atom stereocenters. The normalized spacial score (nSPS) is 11.1. The zero-order valence-electron chi connectivity index (χ0n) is 19.7. The quantitative estimate of drug-likeness (QED) is 0.208. The molecule has 0 unspecified atom stereocenters. The number of Topliss-reactive ketones (excluding diaryl/α,β-unsaturated/α-hetero) is 1. The number of furan rings is 1. The maximum absolute atomic E-state index is 13.1. The van der Waals surface area contributed by atoms with Gasteiger partial charge in [0.2, 0.25) is 5.91 Å². The van der Waals surface area contributed by atoms with Crippen molar-refractivity contribution in [1.82, 2.24) is 14.8 Å². The van der Waals surface area contributed by atoms with Crippen LogP contribution in [0, 0.1) is 0 Å². The van der Waals surface area contributed by atoms with Crippen LogP contribution in [0.5, 0.6) is 0 Å². The summed E-state index contributed by atoms with van der Waals surface area (Å²) in [6, 6.07) is 10.0. The van der Waals surface area contributed by atoms with Crippen molar-refractivity contribution in [1.29, 1.82) is 0 Å². The predicted octanol–water partition coefficient (Wildman–Crippen LogP) is 4.99. The Hall–Kier alpha value is -3.92. The molecular formula is C25H24N4O5S. The van der Waals surface area contributed by atoms with Gasteiger partial charge in [-0.25, -0.2) is 14.5 Å². The van der Waals surface area contributed by atoms with Crippen LogP contribution in [0.15, 0.2) is 58.2 Å². The Morgan fingerprint density at radius 1 is 1.20 bits per heavy atom. The molecule has 35 heavy (non-hydrogen) atoms. The lowest BCUT2D eigenvalue weighted by Crippen LogP contribution is -2.16. The smallest absolute Gasteiger partial charge is 0.339 e. The van der Waals surface area contributed by atoms with Crippen molar-refractivity contribution < 1.29 is 23.5 Å². The van der Waals surface area contributed by atoms with E-state index in [9.17, 15) is 14.4 Å². The first kappa shape index (κ1) is 24.2. The van der Waals surface area contributed by atoms with Gasteiger partial charge in [-0.15, -0.1) is 11.8 Å². The fourth-order valence-corrected chi connectivity index (χ4v) is 4.11. The first-order valence-electron chi connectivity index (χ1n) is 10.9. The van der Waals surface area contributed by atoms with Crippen LogP contribution < -0.4 is 5.32 Å². The Balaban J connectivity index is 1.61. The molecule has 0 aliphatic rings. The molecular weight excluding hydrogens is 468 g/mol. The second-order valence-corrected chi connectivity index (χ2v) is 8.90. The minimum atomic E-state index is -0.676. The van der Waals surface area contributed by atoms with Gasteiger partial charge < -0.3 is 14.5 Å². The van der Waals surface area contributed by atoms with E-state index in [-0.39, 0.29) is 17.5 Å². The number of ether oxygens (including phenoxy) is 1. The second kappa shape index (κ2) is 10.1. The van der Waals surface area contributed by atoms with E-state index in [4.69, 9.17) is 9.15 Å². The number of anilines is 1. The third-order valence-electron chi connectivity index (χ3n) is 5.22. The summed E-state index contributed by atoms with van der Waals surface area (Å²) in [7, 11) is 0. The molecule has 0 fully saturated rings. The molecule has 0 saturated carbocycles. The number of thioether (sulfide) groups is 1. The van der Waals surface area contributed by atoms with E-state index in [1.54, 1.807) is 47.3 Å². The molecule has 10 heteroatoms. The number of ketones is 1. The van der Waals surface area contributed by atoms with Gasteiger partial charge in [0.15, 0.2) is 23.8 Å². The largest absolute Gasteiger partial charge is 0.463 e. The Kier molecular flexibility index (Phi) is 7.02. The number of carbonyl (C=O) groups is 3. The van der Waals surface area contributed by atoms with Gasteiger partial charge in [-0.3, -0.25) is 9.59 Å². The predicted molar refractivity (Wildman–Crippen MR) is 133 cm³/mol. The summed E-state index contributed by atoms with van der Waals surface area (Å²) in [5.41, 5.74) is 2.05. The molecule has 3 aromatic heterocycles. The van der Waals surface area contributed by atoms with Crippen molar-refractivity contribution in [3.05, 3.63) is 60.0 Å². The Bertz CT molecular complexity index is 1410. The van der Waals surface area contributed by atoms with Gasteiger partial charge in [0, 0.05) is 23.4 Å². The van der Waals surface area contributed by atoms with Gasteiger partial charge in [0.05, 0.1) is 29.1 Å². The van der Waals surface area contributed by atoms with Gasteiger partial charge in [-0.05, 0) is 50.4 Å². The summed E-state index contributed by atoms with van der Waals surface area (Å²) in [6.45, 7) is 4.85. The zero-order chi connectivity index (χ0) is 25.1. The van der Waals surface area contributed by atoms with Crippen LogP contribution in [0.3, 0.4) is 0 Å². The van der Waals surface area contributed by atoms with Crippen molar-refractivity contribution in [2.45, 2.75) is 31.7 Å². The zero-order valence-corrected chi connectivity index (χ0v) is 20.5. The fraction of sp³-hybridized carbons (Fsp3) is 0.240. The van der Waals surface area contributed by atoms with Crippen molar-refractivity contribution >= 4 is 46.1 Å². The van der Waals surface area contributed by atoms with E-state index in [0.717, 1.165) is 4.90 Å². The van der Waals surface area contributed by atoms with Gasteiger partial charge >= 0.3 is 5.97 Å². The van der Waals surface area contributed by atoms with Gasteiger partial charge in [0.1, 0.15) is 5.69 Å². The molecule has 0 aliphatic heterocycles. The average molecular weight is 493 g/mol. The molecule has 1 N–H and O–H groups in total.